The Bertz CT molecular complexity index is 521. The molecule has 1 fully saturated rings. The second-order valence-electron chi connectivity index (χ2n) is 5.67. The molecule has 0 aliphatic carbocycles. The summed E-state index contributed by atoms with van der Waals surface area (Å²) in [7, 11) is -0.754. The van der Waals surface area contributed by atoms with Crippen LogP contribution < -0.4 is 5.46 Å². The Labute approximate surface area is 113 Å². The quantitative estimate of drug-likeness (QED) is 0.599. The van der Waals surface area contributed by atoms with Gasteiger partial charge in [0, 0.05) is 29.8 Å². The zero-order valence-electron chi connectivity index (χ0n) is 11.7. The third-order valence-corrected chi connectivity index (χ3v) is 3.78. The molecule has 1 aromatic heterocycles. The normalized spacial score (nSPS) is 20.3. The molecule has 19 heavy (non-hydrogen) atoms. The maximum absolute atomic E-state index is 14.3. The number of aromatic nitrogens is 1. The second kappa shape index (κ2) is 4.62. The van der Waals surface area contributed by atoms with Gasteiger partial charge in [-0.25, -0.2) is 4.39 Å². The number of hydrogen-bond donors (Lipinski definition) is 0. The fourth-order valence-corrected chi connectivity index (χ4v) is 1.87. The summed E-state index contributed by atoms with van der Waals surface area (Å²) in [5.74, 6) is 2.02. The summed E-state index contributed by atoms with van der Waals surface area (Å²) in [5.41, 5.74) is -0.334. The van der Waals surface area contributed by atoms with Crippen LogP contribution in [-0.4, -0.2) is 23.3 Å². The van der Waals surface area contributed by atoms with Gasteiger partial charge in [0.15, 0.2) is 0 Å². The van der Waals surface area contributed by atoms with Crippen molar-refractivity contribution in [1.82, 2.24) is 4.98 Å². The van der Waals surface area contributed by atoms with Gasteiger partial charge in [-0.3, -0.25) is 4.98 Å². The van der Waals surface area contributed by atoms with Gasteiger partial charge >= 0.3 is 7.12 Å². The van der Waals surface area contributed by atoms with Gasteiger partial charge in [-0.15, -0.1) is 12.3 Å². The van der Waals surface area contributed by atoms with E-state index in [2.05, 4.69) is 10.9 Å². The van der Waals surface area contributed by atoms with Crippen LogP contribution in [0.4, 0.5) is 4.39 Å². The lowest BCUT2D eigenvalue weighted by Gasteiger charge is -2.32. The average Bonchev–Trinajstić information content (AvgIpc) is 2.51. The van der Waals surface area contributed by atoms with Crippen molar-refractivity contribution in [3.8, 4) is 12.3 Å². The van der Waals surface area contributed by atoms with Gasteiger partial charge < -0.3 is 9.31 Å². The molecule has 1 aliphatic rings. The first-order valence-corrected chi connectivity index (χ1v) is 6.20. The highest BCUT2D eigenvalue weighted by atomic mass is 19.1. The molecule has 1 saturated heterocycles. The van der Waals surface area contributed by atoms with Crippen LogP contribution in [0.25, 0.3) is 0 Å². The molecule has 0 aromatic carbocycles. The lowest BCUT2D eigenvalue weighted by atomic mass is 9.79. The summed E-state index contributed by atoms with van der Waals surface area (Å²) in [6.07, 6.45) is 8.28. The van der Waals surface area contributed by atoms with Gasteiger partial charge in [0.05, 0.1) is 11.2 Å². The Morgan fingerprint density at radius 1 is 1.26 bits per heavy atom. The van der Waals surface area contributed by atoms with Crippen LogP contribution in [-0.2, 0) is 15.7 Å². The summed E-state index contributed by atoms with van der Waals surface area (Å²) in [4.78, 5) is 4.01. The molecule has 0 spiro atoms. The molecule has 5 heteroatoms. The topological polar surface area (TPSA) is 31.4 Å². The zero-order valence-corrected chi connectivity index (χ0v) is 11.7. The summed E-state index contributed by atoms with van der Waals surface area (Å²) in [5, 5.41) is 0. The molecular weight excluding hydrogens is 244 g/mol. The van der Waals surface area contributed by atoms with Crippen LogP contribution in [0.5, 0.6) is 0 Å². The Morgan fingerprint density at radius 2 is 1.84 bits per heavy atom. The molecule has 3 nitrogen and oxygen atoms in total. The highest BCUT2D eigenvalue weighted by Gasteiger charge is 2.52. The van der Waals surface area contributed by atoms with Crippen LogP contribution in [0.15, 0.2) is 12.4 Å². The second-order valence-corrected chi connectivity index (χ2v) is 5.67. The molecule has 0 bridgehead atoms. The van der Waals surface area contributed by atoms with Crippen molar-refractivity contribution < 1.29 is 13.7 Å². The molecule has 0 N–H and O–H groups in total. The minimum atomic E-state index is -0.754. The molecule has 1 aromatic rings. The van der Waals surface area contributed by atoms with Crippen molar-refractivity contribution in [3.05, 3.63) is 23.8 Å². The molecule has 2 rings (SSSR count). The van der Waals surface area contributed by atoms with E-state index >= 15 is 0 Å². The number of halogens is 1. The Balaban J connectivity index is 2.35. The number of pyridine rings is 1. The monoisotopic (exact) mass is 261 g/mol. The van der Waals surface area contributed by atoms with E-state index in [1.165, 1.54) is 12.4 Å². The van der Waals surface area contributed by atoms with Crippen molar-refractivity contribution in [3.63, 3.8) is 0 Å². The third kappa shape index (κ3) is 2.38. The predicted molar refractivity (Wildman–Crippen MR) is 72.4 cm³/mol. The summed E-state index contributed by atoms with van der Waals surface area (Å²) < 4.78 is 25.9. The van der Waals surface area contributed by atoms with Crippen molar-refractivity contribution in [2.75, 3.05) is 0 Å². The van der Waals surface area contributed by atoms with Crippen molar-refractivity contribution in [2.24, 2.45) is 0 Å². The summed E-state index contributed by atoms with van der Waals surface area (Å²) in [6, 6.07) is 0. The van der Waals surface area contributed by atoms with Crippen LogP contribution in [0.1, 0.15) is 33.3 Å². The van der Waals surface area contributed by atoms with E-state index in [1.807, 2.05) is 27.7 Å². The number of nitrogens with zero attached hydrogens (tertiary/aromatic N) is 1. The first kappa shape index (κ1) is 14.0. The lowest BCUT2D eigenvalue weighted by Crippen LogP contribution is -2.41. The molecule has 0 saturated carbocycles. The highest BCUT2D eigenvalue weighted by Crippen LogP contribution is 2.36. The first-order valence-electron chi connectivity index (χ1n) is 6.20. The van der Waals surface area contributed by atoms with E-state index in [0.717, 1.165) is 0 Å². The summed E-state index contributed by atoms with van der Waals surface area (Å²) in [6.45, 7) is 7.68. The van der Waals surface area contributed by atoms with E-state index in [1.54, 1.807) is 0 Å². The van der Waals surface area contributed by atoms with Gasteiger partial charge in [0.25, 0.3) is 0 Å². The van der Waals surface area contributed by atoms with E-state index < -0.39 is 24.1 Å². The van der Waals surface area contributed by atoms with Gasteiger partial charge in [-0.2, -0.15) is 0 Å². The van der Waals surface area contributed by atoms with Crippen molar-refractivity contribution in [1.29, 1.82) is 0 Å². The highest BCUT2D eigenvalue weighted by molar-refractivity contribution is 6.62. The summed E-state index contributed by atoms with van der Waals surface area (Å²) >= 11 is 0. The average molecular weight is 261 g/mol. The van der Waals surface area contributed by atoms with E-state index in [9.17, 15) is 4.39 Å². The number of hydrogen-bond acceptors (Lipinski definition) is 3. The third-order valence-electron chi connectivity index (χ3n) is 3.78. The predicted octanol–water partition coefficient (Wildman–Crippen LogP) is 1.70. The largest absolute Gasteiger partial charge is 0.499 e. The molecular formula is C14H17BFNO2. The molecule has 0 atom stereocenters. The zero-order chi connectivity index (χ0) is 14.3. The molecule has 0 amide bonds. The van der Waals surface area contributed by atoms with E-state index in [0.29, 0.717) is 11.0 Å². The fourth-order valence-electron chi connectivity index (χ4n) is 1.87. The minimum Gasteiger partial charge on any atom is -0.399 e. The number of terminal acetylenes is 1. The van der Waals surface area contributed by atoms with E-state index in [-0.39, 0.29) is 6.42 Å². The van der Waals surface area contributed by atoms with Gasteiger partial charge in [0.1, 0.15) is 5.82 Å². The fraction of sp³-hybridized carbons (Fsp3) is 0.500. The standard InChI is InChI=1S/C14H17BFNO2/c1-6-7-10-8-17-9-11(12(10)16)15-18-13(2,3)14(4,5)19-15/h1,8-9H,7H2,2-5H3. The van der Waals surface area contributed by atoms with Crippen LogP contribution in [0.3, 0.4) is 0 Å². The molecule has 0 unspecified atom stereocenters. The maximum atomic E-state index is 14.3. The van der Waals surface area contributed by atoms with Gasteiger partial charge in [-0.05, 0) is 27.7 Å². The Hall–Kier alpha value is -1.38. The van der Waals surface area contributed by atoms with Crippen molar-refractivity contribution in [2.45, 2.75) is 45.3 Å². The van der Waals surface area contributed by atoms with Gasteiger partial charge in [-0.1, -0.05) is 0 Å². The molecule has 100 valence electrons. The molecule has 1 aliphatic heterocycles. The minimum absolute atomic E-state index is 0.201. The molecule has 0 radical (unpaired) electrons. The first-order chi connectivity index (χ1) is 8.78. The van der Waals surface area contributed by atoms with Crippen molar-refractivity contribution >= 4 is 12.6 Å². The maximum Gasteiger partial charge on any atom is 0.499 e. The van der Waals surface area contributed by atoms with Gasteiger partial charge in [0.2, 0.25) is 0 Å². The lowest BCUT2D eigenvalue weighted by molar-refractivity contribution is 0.00578. The molecule has 2 heterocycles. The SMILES string of the molecule is C#CCc1cncc(B2OC(C)(C)C(C)(C)O2)c1F. The van der Waals surface area contributed by atoms with E-state index in [4.69, 9.17) is 15.7 Å². The van der Waals surface area contributed by atoms with Crippen LogP contribution >= 0.6 is 0 Å². The van der Waals surface area contributed by atoms with Crippen LogP contribution in [0.2, 0.25) is 0 Å². The smallest absolute Gasteiger partial charge is 0.399 e. The Kier molecular flexibility index (Phi) is 3.42. The number of rotatable bonds is 2. The van der Waals surface area contributed by atoms with Crippen LogP contribution in [0, 0.1) is 18.2 Å². The Morgan fingerprint density at radius 3 is 2.37 bits per heavy atom.